The third-order valence-corrected chi connectivity index (χ3v) is 1.35. The Morgan fingerprint density at radius 2 is 2.25 bits per heavy atom. The molecule has 12 heavy (non-hydrogen) atoms. The van der Waals surface area contributed by atoms with Gasteiger partial charge in [0.15, 0.2) is 11.6 Å². The number of carbonyl (C=O) groups excluding carboxylic acids is 1. The summed E-state index contributed by atoms with van der Waals surface area (Å²) in [6.07, 6.45) is 2.29. The third kappa shape index (κ3) is 1.84. The number of hydrogen-bond donors (Lipinski definition) is 0. The molecule has 0 aliphatic carbocycles. The summed E-state index contributed by atoms with van der Waals surface area (Å²) in [4.78, 5) is 16.8. The first kappa shape index (κ1) is 8.77. The number of nitrogens with zero attached hydrogens (tertiary/aromatic N) is 2. The number of esters is 1. The van der Waals surface area contributed by atoms with E-state index in [-0.39, 0.29) is 5.97 Å². The van der Waals surface area contributed by atoms with Crippen molar-refractivity contribution in [3.8, 4) is 0 Å². The summed E-state index contributed by atoms with van der Waals surface area (Å²) < 4.78 is 4.84. The Balaban J connectivity index is 2.79. The molecule has 0 unspecified atom stereocenters. The number of cyclic esters (lactones) is 1. The van der Waals surface area contributed by atoms with Crippen molar-refractivity contribution in [2.75, 3.05) is 14.1 Å². The van der Waals surface area contributed by atoms with Crippen molar-refractivity contribution in [3.63, 3.8) is 0 Å². The van der Waals surface area contributed by atoms with Crippen LogP contribution in [0.3, 0.4) is 0 Å². The zero-order valence-electron chi connectivity index (χ0n) is 7.50. The summed E-state index contributed by atoms with van der Waals surface area (Å²) in [5.41, 5.74) is 0.372. The van der Waals surface area contributed by atoms with Crippen LogP contribution >= 0.6 is 0 Å². The predicted molar refractivity (Wildman–Crippen MR) is 45.6 cm³/mol. The van der Waals surface area contributed by atoms with Crippen molar-refractivity contribution < 1.29 is 9.53 Å². The SMILES string of the molecule is CCC1=N/C(=C/N(C)C)C(=O)O1. The first-order chi connectivity index (χ1) is 5.63. The molecule has 0 saturated heterocycles. The Bertz CT molecular complexity index is 254. The molecule has 1 heterocycles. The van der Waals surface area contributed by atoms with Crippen LogP contribution in [-0.2, 0) is 9.53 Å². The molecule has 66 valence electrons. The summed E-state index contributed by atoms with van der Waals surface area (Å²) in [6, 6.07) is 0. The maximum Gasteiger partial charge on any atom is 0.365 e. The van der Waals surface area contributed by atoms with E-state index in [0.717, 1.165) is 0 Å². The lowest BCUT2D eigenvalue weighted by molar-refractivity contribution is -0.130. The zero-order chi connectivity index (χ0) is 9.14. The number of ether oxygens (including phenoxy) is 1. The van der Waals surface area contributed by atoms with Gasteiger partial charge in [0.2, 0.25) is 0 Å². The molecule has 0 fully saturated rings. The van der Waals surface area contributed by atoms with E-state index in [2.05, 4.69) is 4.99 Å². The van der Waals surface area contributed by atoms with E-state index >= 15 is 0 Å². The molecule has 0 N–H and O–H groups in total. The maximum absolute atomic E-state index is 11.0. The van der Waals surface area contributed by atoms with Gasteiger partial charge in [-0.15, -0.1) is 0 Å². The fourth-order valence-electron chi connectivity index (χ4n) is 0.839. The van der Waals surface area contributed by atoms with Crippen LogP contribution in [0.25, 0.3) is 0 Å². The number of aliphatic imine (C=N–C) groups is 1. The van der Waals surface area contributed by atoms with E-state index < -0.39 is 0 Å². The minimum Gasteiger partial charge on any atom is -0.407 e. The number of hydrogen-bond acceptors (Lipinski definition) is 4. The van der Waals surface area contributed by atoms with Crippen molar-refractivity contribution in [3.05, 3.63) is 11.9 Å². The Morgan fingerprint density at radius 3 is 2.67 bits per heavy atom. The van der Waals surface area contributed by atoms with Gasteiger partial charge in [0, 0.05) is 26.7 Å². The molecule has 0 spiro atoms. The summed E-state index contributed by atoms with van der Waals surface area (Å²) in [5, 5.41) is 0. The quantitative estimate of drug-likeness (QED) is 0.451. The van der Waals surface area contributed by atoms with Gasteiger partial charge in [0.05, 0.1) is 0 Å². The molecule has 0 amide bonds. The molecule has 0 aromatic carbocycles. The van der Waals surface area contributed by atoms with E-state index in [4.69, 9.17) is 4.74 Å². The van der Waals surface area contributed by atoms with Crippen LogP contribution in [-0.4, -0.2) is 30.9 Å². The number of carbonyl (C=O) groups is 1. The summed E-state index contributed by atoms with van der Waals surface area (Å²) >= 11 is 0. The molecule has 0 bridgehead atoms. The molecule has 1 rings (SSSR count). The van der Waals surface area contributed by atoms with Gasteiger partial charge in [-0.25, -0.2) is 9.79 Å². The van der Waals surface area contributed by atoms with Crippen molar-refractivity contribution in [2.45, 2.75) is 13.3 Å². The van der Waals surface area contributed by atoms with E-state index in [9.17, 15) is 4.79 Å². The van der Waals surface area contributed by atoms with Gasteiger partial charge in [0.25, 0.3) is 0 Å². The van der Waals surface area contributed by atoms with Gasteiger partial charge in [-0.1, -0.05) is 6.92 Å². The molecule has 1 aliphatic rings. The molecule has 4 nitrogen and oxygen atoms in total. The van der Waals surface area contributed by atoms with Gasteiger partial charge in [-0.2, -0.15) is 0 Å². The second-order valence-electron chi connectivity index (χ2n) is 2.73. The lowest BCUT2D eigenvalue weighted by Crippen LogP contribution is -2.06. The zero-order valence-corrected chi connectivity index (χ0v) is 7.50. The third-order valence-electron chi connectivity index (χ3n) is 1.35. The van der Waals surface area contributed by atoms with Crippen molar-refractivity contribution in [1.29, 1.82) is 0 Å². The maximum atomic E-state index is 11.0. The average Bonchev–Trinajstić information content (AvgIpc) is 2.31. The molecule has 0 radical (unpaired) electrons. The second-order valence-corrected chi connectivity index (χ2v) is 2.73. The van der Waals surface area contributed by atoms with Crippen LogP contribution < -0.4 is 0 Å². The van der Waals surface area contributed by atoms with Crippen LogP contribution in [0.2, 0.25) is 0 Å². The van der Waals surface area contributed by atoms with Crippen LogP contribution in [0.1, 0.15) is 13.3 Å². The lowest BCUT2D eigenvalue weighted by atomic mass is 10.5. The normalized spacial score (nSPS) is 19.4. The van der Waals surface area contributed by atoms with Crippen LogP contribution in [0.15, 0.2) is 16.9 Å². The fraction of sp³-hybridized carbons (Fsp3) is 0.500. The second kappa shape index (κ2) is 3.38. The molecule has 0 saturated carbocycles. The van der Waals surface area contributed by atoms with Gasteiger partial charge >= 0.3 is 5.97 Å². The molecule has 1 aliphatic heterocycles. The molecule has 0 aromatic rings. The molecular weight excluding hydrogens is 156 g/mol. The van der Waals surface area contributed by atoms with Crippen LogP contribution in [0.4, 0.5) is 0 Å². The van der Waals surface area contributed by atoms with Gasteiger partial charge < -0.3 is 9.64 Å². The Kier molecular flexibility index (Phi) is 2.47. The molecular formula is C8H12N2O2. The average molecular weight is 168 g/mol. The number of rotatable bonds is 2. The van der Waals surface area contributed by atoms with Crippen molar-refractivity contribution in [2.24, 2.45) is 4.99 Å². The Hall–Kier alpha value is -1.32. The Labute approximate surface area is 71.5 Å². The first-order valence-electron chi connectivity index (χ1n) is 3.81. The van der Waals surface area contributed by atoms with Crippen molar-refractivity contribution in [1.82, 2.24) is 4.90 Å². The first-order valence-corrected chi connectivity index (χ1v) is 3.81. The topological polar surface area (TPSA) is 41.9 Å². The minimum absolute atomic E-state index is 0.361. The highest BCUT2D eigenvalue weighted by Crippen LogP contribution is 2.12. The smallest absolute Gasteiger partial charge is 0.365 e. The summed E-state index contributed by atoms with van der Waals surface area (Å²) in [5.74, 6) is 0.133. The van der Waals surface area contributed by atoms with Crippen molar-refractivity contribution >= 4 is 11.9 Å². The van der Waals surface area contributed by atoms with Crippen LogP contribution in [0, 0.1) is 0 Å². The van der Waals surface area contributed by atoms with E-state index in [1.165, 1.54) is 0 Å². The van der Waals surface area contributed by atoms with Gasteiger partial charge in [-0.05, 0) is 0 Å². The Morgan fingerprint density at radius 1 is 1.58 bits per heavy atom. The minimum atomic E-state index is -0.361. The highest BCUT2D eigenvalue weighted by Gasteiger charge is 2.21. The summed E-state index contributed by atoms with van der Waals surface area (Å²) in [7, 11) is 3.67. The van der Waals surface area contributed by atoms with Crippen LogP contribution in [0.5, 0.6) is 0 Å². The highest BCUT2D eigenvalue weighted by molar-refractivity contribution is 6.04. The lowest BCUT2D eigenvalue weighted by Gasteiger charge is -2.02. The van der Waals surface area contributed by atoms with E-state index in [0.29, 0.717) is 18.0 Å². The van der Waals surface area contributed by atoms with E-state index in [1.807, 2.05) is 21.0 Å². The van der Waals surface area contributed by atoms with Gasteiger partial charge in [-0.3, -0.25) is 0 Å². The molecule has 0 atom stereocenters. The highest BCUT2D eigenvalue weighted by atomic mass is 16.6. The standard InChI is InChI=1S/C8H12N2O2/c1-4-7-9-6(5-10(2)3)8(11)12-7/h5H,4H2,1-3H3/b6-5+. The largest absolute Gasteiger partial charge is 0.407 e. The summed E-state index contributed by atoms with van der Waals surface area (Å²) in [6.45, 7) is 1.89. The monoisotopic (exact) mass is 168 g/mol. The fourth-order valence-corrected chi connectivity index (χ4v) is 0.839. The molecule has 0 aromatic heterocycles. The predicted octanol–water partition coefficient (Wildman–Crippen LogP) is 0.755. The van der Waals surface area contributed by atoms with E-state index in [1.54, 1.807) is 11.1 Å². The molecule has 4 heteroatoms. The van der Waals surface area contributed by atoms with Gasteiger partial charge in [0.1, 0.15) is 0 Å².